The fourth-order valence-corrected chi connectivity index (χ4v) is 2.94. The van der Waals surface area contributed by atoms with Crippen LogP contribution in [0.15, 0.2) is 35.1 Å². The fourth-order valence-electron chi connectivity index (χ4n) is 2.94. The number of hydrogen-bond acceptors (Lipinski definition) is 4. The highest BCUT2D eigenvalue weighted by atomic mass is 16.1. The second-order valence-electron chi connectivity index (χ2n) is 6.11. The predicted molar refractivity (Wildman–Crippen MR) is 91.8 cm³/mol. The number of pyridine rings is 1. The second kappa shape index (κ2) is 6.50. The number of benzene rings is 1. The molecule has 118 valence electrons. The first-order chi connectivity index (χ1) is 10.6. The van der Waals surface area contributed by atoms with E-state index in [1.165, 1.54) is 5.69 Å². The van der Waals surface area contributed by atoms with E-state index in [-0.39, 0.29) is 5.56 Å². The van der Waals surface area contributed by atoms with E-state index in [4.69, 9.17) is 0 Å². The Kier molecular flexibility index (Phi) is 4.45. The van der Waals surface area contributed by atoms with Crippen LogP contribution in [0.5, 0.6) is 0 Å². The van der Waals surface area contributed by atoms with Gasteiger partial charge < -0.3 is 19.7 Å². The molecule has 1 aliphatic rings. The van der Waals surface area contributed by atoms with Crippen molar-refractivity contribution in [1.29, 1.82) is 0 Å². The van der Waals surface area contributed by atoms with Crippen LogP contribution in [0.2, 0.25) is 0 Å². The van der Waals surface area contributed by atoms with Gasteiger partial charge in [-0.25, -0.2) is 0 Å². The van der Waals surface area contributed by atoms with Crippen molar-refractivity contribution in [2.24, 2.45) is 0 Å². The molecule has 1 aromatic heterocycles. The van der Waals surface area contributed by atoms with E-state index < -0.39 is 0 Å². The maximum absolute atomic E-state index is 12.2. The molecule has 3 rings (SSSR count). The number of nitrogens with one attached hydrogen (secondary N) is 1. The van der Waals surface area contributed by atoms with Crippen molar-refractivity contribution in [2.45, 2.75) is 6.54 Å². The molecule has 2 heterocycles. The molecular formula is C17H24N4O. The monoisotopic (exact) mass is 300 g/mol. The van der Waals surface area contributed by atoms with Crippen molar-refractivity contribution in [1.82, 2.24) is 14.8 Å². The van der Waals surface area contributed by atoms with Gasteiger partial charge in [0.25, 0.3) is 5.56 Å². The Bertz CT molecular complexity index is 701. The van der Waals surface area contributed by atoms with Crippen LogP contribution in [0.1, 0.15) is 0 Å². The van der Waals surface area contributed by atoms with Crippen LogP contribution >= 0.6 is 0 Å². The van der Waals surface area contributed by atoms with E-state index in [0.717, 1.165) is 50.2 Å². The molecule has 1 aliphatic heterocycles. The van der Waals surface area contributed by atoms with Gasteiger partial charge in [0.15, 0.2) is 0 Å². The average Bonchev–Trinajstić information content (AvgIpc) is 2.54. The molecule has 1 N–H and O–H groups in total. The van der Waals surface area contributed by atoms with Gasteiger partial charge in [0, 0.05) is 56.4 Å². The van der Waals surface area contributed by atoms with E-state index >= 15 is 0 Å². The van der Waals surface area contributed by atoms with Gasteiger partial charge in [0.2, 0.25) is 0 Å². The van der Waals surface area contributed by atoms with Crippen LogP contribution in [0, 0.1) is 0 Å². The largest absolute Gasteiger partial charge is 0.369 e. The number of piperazine rings is 1. The van der Waals surface area contributed by atoms with E-state index in [2.05, 4.69) is 33.3 Å². The van der Waals surface area contributed by atoms with E-state index in [9.17, 15) is 4.79 Å². The molecule has 0 bridgehead atoms. The van der Waals surface area contributed by atoms with Gasteiger partial charge in [-0.2, -0.15) is 0 Å². The summed E-state index contributed by atoms with van der Waals surface area (Å²) < 4.78 is 1.87. The van der Waals surface area contributed by atoms with Gasteiger partial charge in [-0.15, -0.1) is 0 Å². The molecule has 0 radical (unpaired) electrons. The quantitative estimate of drug-likeness (QED) is 0.913. The van der Waals surface area contributed by atoms with Gasteiger partial charge >= 0.3 is 0 Å². The van der Waals surface area contributed by atoms with Gasteiger partial charge in [-0.05, 0) is 38.4 Å². The number of nitrogens with zero attached hydrogens (tertiary/aromatic N) is 3. The van der Waals surface area contributed by atoms with Gasteiger partial charge in [-0.3, -0.25) is 4.79 Å². The molecular weight excluding hydrogens is 276 g/mol. The molecule has 5 heteroatoms. The van der Waals surface area contributed by atoms with Crippen LogP contribution in [0.25, 0.3) is 10.9 Å². The Morgan fingerprint density at radius 2 is 1.91 bits per heavy atom. The maximum atomic E-state index is 12.2. The van der Waals surface area contributed by atoms with Crippen molar-refractivity contribution in [3.05, 3.63) is 40.7 Å². The molecule has 0 spiro atoms. The Morgan fingerprint density at radius 1 is 1.14 bits per heavy atom. The summed E-state index contributed by atoms with van der Waals surface area (Å²) in [5.41, 5.74) is 2.34. The summed E-state index contributed by atoms with van der Waals surface area (Å²) in [7, 11) is 4.05. The zero-order valence-electron chi connectivity index (χ0n) is 13.4. The molecule has 0 unspecified atom stereocenters. The predicted octanol–water partition coefficient (Wildman–Crippen LogP) is 0.973. The molecule has 1 saturated heterocycles. The minimum Gasteiger partial charge on any atom is -0.369 e. The summed E-state index contributed by atoms with van der Waals surface area (Å²) in [5, 5.41) is 4.51. The SMILES string of the molecule is CN(C)CCn1c(=O)ccc2cc(N3CCNCC3)ccc21. The first kappa shape index (κ1) is 15.1. The first-order valence-corrected chi connectivity index (χ1v) is 7.89. The number of hydrogen-bond donors (Lipinski definition) is 1. The minimum atomic E-state index is 0.0734. The first-order valence-electron chi connectivity index (χ1n) is 7.89. The highest BCUT2D eigenvalue weighted by Crippen LogP contribution is 2.21. The molecule has 0 saturated carbocycles. The summed E-state index contributed by atoms with van der Waals surface area (Å²) in [5.74, 6) is 0. The highest BCUT2D eigenvalue weighted by Gasteiger charge is 2.11. The van der Waals surface area contributed by atoms with Crippen molar-refractivity contribution >= 4 is 16.6 Å². The smallest absolute Gasteiger partial charge is 0.251 e. The number of likely N-dealkylation sites (N-methyl/N-ethyl adjacent to an activating group) is 1. The summed E-state index contributed by atoms with van der Waals surface area (Å²) in [6.45, 7) is 5.70. The van der Waals surface area contributed by atoms with Crippen molar-refractivity contribution in [2.75, 3.05) is 51.7 Å². The summed E-state index contributed by atoms with van der Waals surface area (Å²) in [6, 6.07) is 10.0. The van der Waals surface area contributed by atoms with Crippen LogP contribution in [0.4, 0.5) is 5.69 Å². The van der Waals surface area contributed by atoms with Crippen LogP contribution in [0.3, 0.4) is 0 Å². The lowest BCUT2D eigenvalue weighted by atomic mass is 10.1. The standard InChI is InChI=1S/C17H24N4O/c1-19(2)11-12-21-16-5-4-15(20-9-7-18-8-10-20)13-14(16)3-6-17(21)22/h3-6,13,18H,7-12H2,1-2H3. The summed E-state index contributed by atoms with van der Waals surface area (Å²) in [4.78, 5) is 16.6. The lowest BCUT2D eigenvalue weighted by molar-refractivity contribution is 0.384. The molecule has 0 amide bonds. The Labute approximate surface area is 131 Å². The lowest BCUT2D eigenvalue weighted by Crippen LogP contribution is -2.43. The van der Waals surface area contributed by atoms with Crippen LogP contribution in [-0.2, 0) is 6.54 Å². The van der Waals surface area contributed by atoms with E-state index in [0.29, 0.717) is 0 Å². The number of aromatic nitrogens is 1. The molecule has 22 heavy (non-hydrogen) atoms. The average molecular weight is 300 g/mol. The topological polar surface area (TPSA) is 40.5 Å². The molecule has 2 aromatic rings. The highest BCUT2D eigenvalue weighted by molar-refractivity contribution is 5.83. The molecule has 5 nitrogen and oxygen atoms in total. The zero-order valence-corrected chi connectivity index (χ0v) is 13.4. The molecule has 1 aromatic carbocycles. The zero-order chi connectivity index (χ0) is 15.5. The van der Waals surface area contributed by atoms with Crippen LogP contribution in [-0.4, -0.2) is 56.3 Å². The van der Waals surface area contributed by atoms with Crippen molar-refractivity contribution in [3.8, 4) is 0 Å². The third kappa shape index (κ3) is 3.15. The number of anilines is 1. The maximum Gasteiger partial charge on any atom is 0.251 e. The second-order valence-corrected chi connectivity index (χ2v) is 6.11. The van der Waals surface area contributed by atoms with Gasteiger partial charge in [0.05, 0.1) is 5.52 Å². The Morgan fingerprint density at radius 3 is 2.64 bits per heavy atom. The van der Waals surface area contributed by atoms with E-state index in [1.807, 2.05) is 24.7 Å². The summed E-state index contributed by atoms with van der Waals surface area (Å²) in [6.07, 6.45) is 0. The van der Waals surface area contributed by atoms with Crippen molar-refractivity contribution in [3.63, 3.8) is 0 Å². The Hall–Kier alpha value is -1.85. The molecule has 0 atom stereocenters. The number of fused-ring (bicyclic) bond motifs is 1. The number of rotatable bonds is 4. The fraction of sp³-hybridized carbons (Fsp3) is 0.471. The van der Waals surface area contributed by atoms with Gasteiger partial charge in [-0.1, -0.05) is 0 Å². The molecule has 0 aliphatic carbocycles. The molecule has 1 fully saturated rings. The van der Waals surface area contributed by atoms with Crippen molar-refractivity contribution < 1.29 is 0 Å². The van der Waals surface area contributed by atoms with Crippen LogP contribution < -0.4 is 15.8 Å². The van der Waals surface area contributed by atoms with Gasteiger partial charge in [0.1, 0.15) is 0 Å². The minimum absolute atomic E-state index is 0.0734. The third-order valence-electron chi connectivity index (χ3n) is 4.23. The van der Waals surface area contributed by atoms with E-state index in [1.54, 1.807) is 6.07 Å². The summed E-state index contributed by atoms with van der Waals surface area (Å²) >= 11 is 0. The lowest BCUT2D eigenvalue weighted by Gasteiger charge is -2.29. The third-order valence-corrected chi connectivity index (χ3v) is 4.23. The normalized spacial score (nSPS) is 15.7. The Balaban J connectivity index is 1.95.